The summed E-state index contributed by atoms with van der Waals surface area (Å²) in [6.45, 7) is 7.87. The number of nitrogens with zero attached hydrogens (tertiary/aromatic N) is 1. The molecule has 1 heterocycles. The van der Waals surface area contributed by atoms with Crippen LogP contribution in [0.3, 0.4) is 0 Å². The van der Waals surface area contributed by atoms with E-state index in [1.807, 2.05) is 6.92 Å². The molecule has 114 valence electrons. The summed E-state index contributed by atoms with van der Waals surface area (Å²) in [4.78, 5) is 2.32. The molecule has 19 heavy (non-hydrogen) atoms. The molecule has 1 aliphatic rings. The van der Waals surface area contributed by atoms with Crippen molar-refractivity contribution in [3.63, 3.8) is 0 Å². The van der Waals surface area contributed by atoms with Gasteiger partial charge in [0.05, 0.1) is 5.75 Å². The Labute approximate surface area is 118 Å². The van der Waals surface area contributed by atoms with Crippen LogP contribution in [0.25, 0.3) is 0 Å². The Morgan fingerprint density at radius 2 is 1.89 bits per heavy atom. The number of rotatable bonds is 9. The fraction of sp³-hybridized carbons (Fsp3) is 1.00. The smallest absolute Gasteiger partial charge is 0.151 e. The third-order valence-electron chi connectivity index (χ3n) is 3.66. The summed E-state index contributed by atoms with van der Waals surface area (Å²) in [5, 5.41) is 3.54. The van der Waals surface area contributed by atoms with Gasteiger partial charge in [0.2, 0.25) is 0 Å². The lowest BCUT2D eigenvalue weighted by molar-refractivity contribution is 0.234. The molecular formula is C14H30N2O2S. The number of nitrogens with one attached hydrogen (secondary N) is 1. The van der Waals surface area contributed by atoms with Gasteiger partial charge in [-0.1, -0.05) is 20.3 Å². The maximum atomic E-state index is 11.8. The molecule has 1 rings (SSSR count). The highest BCUT2D eigenvalue weighted by Crippen LogP contribution is 2.09. The van der Waals surface area contributed by atoms with Gasteiger partial charge < -0.3 is 10.2 Å². The van der Waals surface area contributed by atoms with Crippen molar-refractivity contribution in [3.05, 3.63) is 0 Å². The van der Waals surface area contributed by atoms with E-state index in [1.165, 1.54) is 19.3 Å². The SMILES string of the molecule is CCCN(CCS(=O)(=O)CCC)CC1CCCCN1. The van der Waals surface area contributed by atoms with Gasteiger partial charge in [-0.05, 0) is 38.8 Å². The van der Waals surface area contributed by atoms with Crippen LogP contribution in [0.15, 0.2) is 0 Å². The second-order valence-corrected chi connectivity index (χ2v) is 7.90. The van der Waals surface area contributed by atoms with E-state index >= 15 is 0 Å². The van der Waals surface area contributed by atoms with E-state index in [2.05, 4.69) is 17.1 Å². The van der Waals surface area contributed by atoms with Crippen LogP contribution in [0.1, 0.15) is 46.0 Å². The van der Waals surface area contributed by atoms with Crippen LogP contribution in [0, 0.1) is 0 Å². The van der Waals surface area contributed by atoms with Gasteiger partial charge in [0.1, 0.15) is 0 Å². The van der Waals surface area contributed by atoms with Crippen molar-refractivity contribution in [2.24, 2.45) is 0 Å². The minimum Gasteiger partial charge on any atom is -0.313 e. The molecule has 1 fully saturated rings. The first-order chi connectivity index (χ1) is 9.07. The molecule has 0 amide bonds. The highest BCUT2D eigenvalue weighted by molar-refractivity contribution is 7.91. The average molecular weight is 290 g/mol. The molecule has 5 heteroatoms. The molecule has 0 aliphatic carbocycles. The molecule has 0 radical (unpaired) electrons. The largest absolute Gasteiger partial charge is 0.313 e. The predicted molar refractivity (Wildman–Crippen MR) is 81.3 cm³/mol. The molecule has 0 saturated carbocycles. The molecule has 1 unspecified atom stereocenters. The third kappa shape index (κ3) is 7.28. The van der Waals surface area contributed by atoms with Gasteiger partial charge in [0, 0.05) is 24.9 Å². The first-order valence-corrected chi connectivity index (χ1v) is 9.55. The summed E-state index contributed by atoms with van der Waals surface area (Å²) >= 11 is 0. The van der Waals surface area contributed by atoms with Crippen molar-refractivity contribution >= 4 is 9.84 Å². The zero-order chi connectivity index (χ0) is 14.1. The average Bonchev–Trinajstić information content (AvgIpc) is 2.37. The molecule has 1 saturated heterocycles. The third-order valence-corrected chi connectivity index (χ3v) is 5.50. The summed E-state index contributed by atoms with van der Waals surface area (Å²) in [7, 11) is -2.85. The van der Waals surface area contributed by atoms with Crippen LogP contribution >= 0.6 is 0 Å². The summed E-state index contributed by atoms with van der Waals surface area (Å²) in [6.07, 6.45) is 5.60. The van der Waals surface area contributed by atoms with Gasteiger partial charge >= 0.3 is 0 Å². The summed E-state index contributed by atoms with van der Waals surface area (Å²) < 4.78 is 23.6. The molecular weight excluding hydrogens is 260 g/mol. The fourth-order valence-electron chi connectivity index (χ4n) is 2.68. The lowest BCUT2D eigenvalue weighted by atomic mass is 10.0. The number of sulfone groups is 1. The lowest BCUT2D eigenvalue weighted by Crippen LogP contribution is -2.45. The Kier molecular flexibility index (Phi) is 7.95. The standard InChI is InChI=1S/C14H30N2O2S/c1-3-9-16(10-12-19(17,18)11-4-2)13-14-7-5-6-8-15-14/h14-15H,3-13H2,1-2H3. The maximum absolute atomic E-state index is 11.8. The predicted octanol–water partition coefficient (Wildman–Crippen LogP) is 1.67. The quantitative estimate of drug-likeness (QED) is 0.702. The Morgan fingerprint density at radius 1 is 1.11 bits per heavy atom. The van der Waals surface area contributed by atoms with Crippen molar-refractivity contribution in [2.45, 2.75) is 52.0 Å². The van der Waals surface area contributed by atoms with Crippen LogP contribution in [0.2, 0.25) is 0 Å². The second kappa shape index (κ2) is 8.93. The second-order valence-electron chi connectivity index (χ2n) is 5.60. The monoisotopic (exact) mass is 290 g/mol. The van der Waals surface area contributed by atoms with Crippen LogP contribution < -0.4 is 5.32 Å². The van der Waals surface area contributed by atoms with Crippen LogP contribution in [0.5, 0.6) is 0 Å². The highest BCUT2D eigenvalue weighted by Gasteiger charge is 2.18. The molecule has 0 aromatic heterocycles. The first-order valence-electron chi connectivity index (χ1n) is 7.73. The zero-order valence-electron chi connectivity index (χ0n) is 12.5. The molecule has 0 aromatic rings. The van der Waals surface area contributed by atoms with Crippen molar-refractivity contribution in [2.75, 3.05) is 37.7 Å². The van der Waals surface area contributed by atoms with E-state index in [4.69, 9.17) is 0 Å². The Hall–Kier alpha value is -0.130. The van der Waals surface area contributed by atoms with Crippen molar-refractivity contribution in [1.82, 2.24) is 10.2 Å². The van der Waals surface area contributed by atoms with E-state index in [-0.39, 0.29) is 0 Å². The molecule has 1 N–H and O–H groups in total. The van der Waals surface area contributed by atoms with Crippen molar-refractivity contribution in [3.8, 4) is 0 Å². The molecule has 4 nitrogen and oxygen atoms in total. The first kappa shape index (κ1) is 16.9. The van der Waals surface area contributed by atoms with Crippen LogP contribution in [0.4, 0.5) is 0 Å². The summed E-state index contributed by atoms with van der Waals surface area (Å²) in [5.41, 5.74) is 0. The number of hydrogen-bond acceptors (Lipinski definition) is 4. The molecule has 1 atom stereocenters. The van der Waals surface area contributed by atoms with E-state index in [0.29, 0.717) is 24.1 Å². The topological polar surface area (TPSA) is 49.4 Å². The van der Waals surface area contributed by atoms with Gasteiger partial charge in [-0.3, -0.25) is 0 Å². The van der Waals surface area contributed by atoms with E-state index in [0.717, 1.165) is 32.5 Å². The van der Waals surface area contributed by atoms with E-state index < -0.39 is 9.84 Å². The van der Waals surface area contributed by atoms with Gasteiger partial charge in [0.25, 0.3) is 0 Å². The van der Waals surface area contributed by atoms with E-state index in [9.17, 15) is 8.42 Å². The minimum atomic E-state index is -2.85. The Balaban J connectivity index is 2.38. The lowest BCUT2D eigenvalue weighted by Gasteiger charge is -2.30. The van der Waals surface area contributed by atoms with Crippen LogP contribution in [-0.2, 0) is 9.84 Å². The molecule has 0 aromatic carbocycles. The van der Waals surface area contributed by atoms with Gasteiger partial charge in [-0.15, -0.1) is 0 Å². The Morgan fingerprint density at radius 3 is 2.47 bits per heavy atom. The van der Waals surface area contributed by atoms with Crippen molar-refractivity contribution in [1.29, 1.82) is 0 Å². The normalized spacial score (nSPS) is 20.9. The molecule has 0 bridgehead atoms. The minimum absolute atomic E-state index is 0.313. The van der Waals surface area contributed by atoms with Crippen LogP contribution in [-0.4, -0.2) is 57.0 Å². The summed E-state index contributed by atoms with van der Waals surface area (Å²) in [5.74, 6) is 0.641. The molecule has 0 spiro atoms. The van der Waals surface area contributed by atoms with Gasteiger partial charge in [0.15, 0.2) is 9.84 Å². The maximum Gasteiger partial charge on any atom is 0.151 e. The Bertz CT molecular complexity index is 324. The van der Waals surface area contributed by atoms with Gasteiger partial charge in [-0.2, -0.15) is 0 Å². The highest BCUT2D eigenvalue weighted by atomic mass is 32.2. The van der Waals surface area contributed by atoms with E-state index in [1.54, 1.807) is 0 Å². The number of piperidine rings is 1. The molecule has 1 aliphatic heterocycles. The fourth-order valence-corrected chi connectivity index (χ4v) is 4.05. The number of hydrogen-bond donors (Lipinski definition) is 1. The van der Waals surface area contributed by atoms with Gasteiger partial charge in [-0.25, -0.2) is 8.42 Å². The zero-order valence-corrected chi connectivity index (χ0v) is 13.3. The van der Waals surface area contributed by atoms with Crippen molar-refractivity contribution < 1.29 is 8.42 Å². The summed E-state index contributed by atoms with van der Waals surface area (Å²) in [6, 6.07) is 0.550.